The molecule has 0 atom stereocenters. The molecule has 18 heavy (non-hydrogen) atoms. The minimum absolute atomic E-state index is 0.0915. The summed E-state index contributed by atoms with van der Waals surface area (Å²) in [5.74, 6) is -0.211. The van der Waals surface area contributed by atoms with Gasteiger partial charge in [0.15, 0.2) is 0 Å². The van der Waals surface area contributed by atoms with Crippen LogP contribution < -0.4 is 0 Å². The molecule has 6 heteroatoms. The number of rotatable bonds is 5. The molecule has 0 saturated carbocycles. The Morgan fingerprint density at radius 2 is 1.78 bits per heavy atom. The van der Waals surface area contributed by atoms with Crippen molar-refractivity contribution in [3.05, 3.63) is 0 Å². The minimum atomic E-state index is -0.303. The zero-order valence-electron chi connectivity index (χ0n) is 11.5. The van der Waals surface area contributed by atoms with E-state index >= 15 is 0 Å². The molecule has 0 aromatic carbocycles. The Morgan fingerprint density at radius 1 is 1.17 bits per heavy atom. The number of amides is 1. The number of likely N-dealkylation sites (N-methyl/N-ethyl adjacent to an activating group) is 2. The standard InChI is InChI=1S/C12H23N3O3/c1-4-14(10-12(17)18-3)9-11(16)15-7-5-13(2)6-8-15/h4-10H2,1-3H3. The molecule has 1 aliphatic heterocycles. The number of hydrogen-bond donors (Lipinski definition) is 0. The number of piperazine rings is 1. The van der Waals surface area contributed by atoms with Gasteiger partial charge in [0.1, 0.15) is 0 Å². The number of methoxy groups -OCH3 is 1. The normalized spacial score (nSPS) is 17.0. The van der Waals surface area contributed by atoms with E-state index in [2.05, 4.69) is 16.7 Å². The van der Waals surface area contributed by atoms with Gasteiger partial charge >= 0.3 is 5.97 Å². The van der Waals surface area contributed by atoms with E-state index in [0.717, 1.165) is 26.2 Å². The fraction of sp³-hybridized carbons (Fsp3) is 0.833. The van der Waals surface area contributed by atoms with Crippen LogP contribution in [0.3, 0.4) is 0 Å². The second kappa shape index (κ2) is 7.33. The Morgan fingerprint density at radius 3 is 2.28 bits per heavy atom. The van der Waals surface area contributed by atoms with Crippen LogP contribution >= 0.6 is 0 Å². The van der Waals surface area contributed by atoms with Gasteiger partial charge in [-0.2, -0.15) is 0 Å². The first-order chi connectivity index (χ1) is 8.56. The van der Waals surface area contributed by atoms with Gasteiger partial charge in [-0.05, 0) is 13.6 Å². The Labute approximate surface area is 108 Å². The van der Waals surface area contributed by atoms with Crippen molar-refractivity contribution in [1.82, 2.24) is 14.7 Å². The minimum Gasteiger partial charge on any atom is -0.468 e. The van der Waals surface area contributed by atoms with Crippen LogP contribution in [0.2, 0.25) is 0 Å². The zero-order valence-corrected chi connectivity index (χ0v) is 11.5. The molecule has 0 aromatic heterocycles. The summed E-state index contributed by atoms with van der Waals surface area (Å²) in [7, 11) is 3.41. The van der Waals surface area contributed by atoms with Crippen molar-refractivity contribution in [2.24, 2.45) is 0 Å². The number of ether oxygens (including phenoxy) is 1. The Hall–Kier alpha value is -1.14. The summed E-state index contributed by atoms with van der Waals surface area (Å²) < 4.78 is 4.61. The van der Waals surface area contributed by atoms with Crippen LogP contribution in [0.1, 0.15) is 6.92 Å². The summed E-state index contributed by atoms with van der Waals surface area (Å²) in [6.07, 6.45) is 0. The molecule has 1 rings (SSSR count). The maximum atomic E-state index is 12.1. The second-order valence-electron chi connectivity index (χ2n) is 4.56. The van der Waals surface area contributed by atoms with Crippen molar-refractivity contribution < 1.29 is 14.3 Å². The third-order valence-electron chi connectivity index (χ3n) is 3.24. The average Bonchev–Trinajstić information content (AvgIpc) is 2.38. The van der Waals surface area contributed by atoms with Crippen molar-refractivity contribution in [3.8, 4) is 0 Å². The fourth-order valence-electron chi connectivity index (χ4n) is 1.87. The van der Waals surface area contributed by atoms with Gasteiger partial charge in [0.2, 0.25) is 5.91 Å². The molecular formula is C12H23N3O3. The van der Waals surface area contributed by atoms with E-state index in [0.29, 0.717) is 6.54 Å². The lowest BCUT2D eigenvalue weighted by Crippen LogP contribution is -2.50. The summed E-state index contributed by atoms with van der Waals surface area (Å²) in [6.45, 7) is 6.41. The van der Waals surface area contributed by atoms with Crippen molar-refractivity contribution in [1.29, 1.82) is 0 Å². The molecule has 0 spiro atoms. The van der Waals surface area contributed by atoms with E-state index in [1.165, 1.54) is 7.11 Å². The highest BCUT2D eigenvalue weighted by molar-refractivity contribution is 5.79. The van der Waals surface area contributed by atoms with Crippen LogP contribution in [-0.2, 0) is 14.3 Å². The molecular weight excluding hydrogens is 234 g/mol. The summed E-state index contributed by atoms with van der Waals surface area (Å²) >= 11 is 0. The lowest BCUT2D eigenvalue weighted by molar-refractivity contribution is -0.143. The quantitative estimate of drug-likeness (QED) is 0.607. The smallest absolute Gasteiger partial charge is 0.319 e. The number of esters is 1. The maximum Gasteiger partial charge on any atom is 0.319 e. The van der Waals surface area contributed by atoms with E-state index in [1.54, 1.807) is 4.90 Å². The summed E-state index contributed by atoms with van der Waals surface area (Å²) in [5, 5.41) is 0. The Balaban J connectivity index is 2.39. The molecule has 104 valence electrons. The molecule has 1 heterocycles. The highest BCUT2D eigenvalue weighted by Gasteiger charge is 2.21. The second-order valence-corrected chi connectivity index (χ2v) is 4.56. The van der Waals surface area contributed by atoms with Gasteiger partial charge < -0.3 is 14.5 Å². The number of hydrogen-bond acceptors (Lipinski definition) is 5. The molecule has 0 aromatic rings. The van der Waals surface area contributed by atoms with Crippen LogP contribution in [0.5, 0.6) is 0 Å². The molecule has 6 nitrogen and oxygen atoms in total. The first-order valence-corrected chi connectivity index (χ1v) is 6.32. The van der Waals surface area contributed by atoms with Crippen LogP contribution in [-0.4, -0.2) is 86.5 Å². The van der Waals surface area contributed by atoms with E-state index in [-0.39, 0.29) is 25.0 Å². The number of carbonyl (C=O) groups excluding carboxylic acids is 2. The molecule has 0 bridgehead atoms. The predicted octanol–water partition coefficient (Wildman–Crippen LogP) is -0.745. The van der Waals surface area contributed by atoms with Gasteiger partial charge in [0, 0.05) is 26.2 Å². The molecule has 1 saturated heterocycles. The molecule has 0 radical (unpaired) electrons. The topological polar surface area (TPSA) is 53.1 Å². The first-order valence-electron chi connectivity index (χ1n) is 6.32. The van der Waals surface area contributed by atoms with Crippen molar-refractivity contribution in [3.63, 3.8) is 0 Å². The van der Waals surface area contributed by atoms with Crippen LogP contribution in [0.25, 0.3) is 0 Å². The van der Waals surface area contributed by atoms with Crippen LogP contribution in [0.15, 0.2) is 0 Å². The molecule has 0 aliphatic carbocycles. The molecule has 1 fully saturated rings. The number of nitrogens with zero attached hydrogens (tertiary/aromatic N) is 3. The van der Waals surface area contributed by atoms with Crippen molar-refractivity contribution in [2.75, 3.05) is 60.0 Å². The van der Waals surface area contributed by atoms with E-state index in [9.17, 15) is 9.59 Å². The van der Waals surface area contributed by atoms with Gasteiger partial charge in [-0.15, -0.1) is 0 Å². The van der Waals surface area contributed by atoms with Gasteiger partial charge in [0.05, 0.1) is 20.2 Å². The highest BCUT2D eigenvalue weighted by atomic mass is 16.5. The SMILES string of the molecule is CCN(CC(=O)OC)CC(=O)N1CCN(C)CC1. The Bertz CT molecular complexity index is 288. The van der Waals surface area contributed by atoms with Gasteiger partial charge in [-0.1, -0.05) is 6.92 Å². The molecule has 1 amide bonds. The monoisotopic (exact) mass is 257 g/mol. The fourth-order valence-corrected chi connectivity index (χ4v) is 1.87. The van der Waals surface area contributed by atoms with E-state index in [1.807, 2.05) is 11.8 Å². The largest absolute Gasteiger partial charge is 0.468 e. The average molecular weight is 257 g/mol. The van der Waals surface area contributed by atoms with Crippen molar-refractivity contribution >= 4 is 11.9 Å². The molecule has 1 aliphatic rings. The lowest BCUT2D eigenvalue weighted by Gasteiger charge is -2.33. The Kier molecular flexibility index (Phi) is 6.07. The summed E-state index contributed by atoms with van der Waals surface area (Å²) in [6, 6.07) is 0. The summed E-state index contributed by atoms with van der Waals surface area (Å²) in [4.78, 5) is 29.1. The third kappa shape index (κ3) is 4.62. The van der Waals surface area contributed by atoms with Gasteiger partial charge in [-0.3, -0.25) is 14.5 Å². The zero-order chi connectivity index (χ0) is 13.5. The van der Waals surface area contributed by atoms with Gasteiger partial charge in [0.25, 0.3) is 0 Å². The van der Waals surface area contributed by atoms with Crippen LogP contribution in [0, 0.1) is 0 Å². The van der Waals surface area contributed by atoms with E-state index in [4.69, 9.17) is 0 Å². The third-order valence-corrected chi connectivity index (χ3v) is 3.24. The van der Waals surface area contributed by atoms with Crippen molar-refractivity contribution in [2.45, 2.75) is 6.92 Å². The summed E-state index contributed by atoms with van der Waals surface area (Å²) in [5.41, 5.74) is 0. The highest BCUT2D eigenvalue weighted by Crippen LogP contribution is 2.01. The molecule has 0 N–H and O–H groups in total. The lowest BCUT2D eigenvalue weighted by atomic mass is 10.3. The van der Waals surface area contributed by atoms with Gasteiger partial charge in [-0.25, -0.2) is 0 Å². The molecule has 0 unspecified atom stereocenters. The maximum absolute atomic E-state index is 12.1. The van der Waals surface area contributed by atoms with Crippen LogP contribution in [0.4, 0.5) is 0 Å². The number of carbonyl (C=O) groups is 2. The first kappa shape index (κ1) is 14.9. The van der Waals surface area contributed by atoms with E-state index < -0.39 is 0 Å². The predicted molar refractivity (Wildman–Crippen MR) is 68.2 cm³/mol.